The highest BCUT2D eigenvalue weighted by Crippen LogP contribution is 2.33. The molecule has 0 bridgehead atoms. The van der Waals surface area contributed by atoms with Gasteiger partial charge in [0.15, 0.2) is 0 Å². The van der Waals surface area contributed by atoms with E-state index in [4.69, 9.17) is 0 Å². The molecule has 1 aliphatic carbocycles. The SMILES string of the molecule is N#Cc1cc2ccccc2nc1N(CCO)C1CC1. The van der Waals surface area contributed by atoms with Gasteiger partial charge in [-0.05, 0) is 25.0 Å². The van der Waals surface area contributed by atoms with Crippen molar-refractivity contribution >= 4 is 16.7 Å². The van der Waals surface area contributed by atoms with Crippen LogP contribution in [-0.2, 0) is 0 Å². The lowest BCUT2D eigenvalue weighted by atomic mass is 10.1. The summed E-state index contributed by atoms with van der Waals surface area (Å²) in [6.07, 6.45) is 2.22. The van der Waals surface area contributed by atoms with Gasteiger partial charge in [-0.2, -0.15) is 5.26 Å². The molecule has 4 nitrogen and oxygen atoms in total. The Bertz CT molecular complexity index is 643. The summed E-state index contributed by atoms with van der Waals surface area (Å²) in [6, 6.07) is 12.3. The summed E-state index contributed by atoms with van der Waals surface area (Å²) in [4.78, 5) is 6.68. The molecule has 19 heavy (non-hydrogen) atoms. The third-order valence-corrected chi connectivity index (χ3v) is 3.42. The Balaban J connectivity index is 2.12. The number of hydrogen-bond acceptors (Lipinski definition) is 4. The Hall–Kier alpha value is -2.12. The van der Waals surface area contributed by atoms with Gasteiger partial charge in [-0.1, -0.05) is 18.2 Å². The quantitative estimate of drug-likeness (QED) is 0.906. The van der Waals surface area contributed by atoms with Gasteiger partial charge in [0, 0.05) is 18.0 Å². The average Bonchev–Trinajstić information content (AvgIpc) is 3.28. The fourth-order valence-electron chi connectivity index (χ4n) is 2.36. The number of aliphatic hydroxyl groups excluding tert-OH is 1. The summed E-state index contributed by atoms with van der Waals surface area (Å²) >= 11 is 0. The molecule has 1 N–H and O–H groups in total. The van der Waals surface area contributed by atoms with Crippen molar-refractivity contribution in [2.45, 2.75) is 18.9 Å². The zero-order chi connectivity index (χ0) is 13.2. The van der Waals surface area contributed by atoms with Gasteiger partial charge in [-0.3, -0.25) is 0 Å². The molecule has 2 aromatic rings. The van der Waals surface area contributed by atoms with Crippen molar-refractivity contribution in [1.82, 2.24) is 4.98 Å². The molecule has 1 fully saturated rings. The van der Waals surface area contributed by atoms with Crippen molar-refractivity contribution < 1.29 is 5.11 Å². The van der Waals surface area contributed by atoms with Crippen molar-refractivity contribution in [3.63, 3.8) is 0 Å². The van der Waals surface area contributed by atoms with E-state index in [2.05, 4.69) is 16.0 Å². The highest BCUT2D eigenvalue weighted by Gasteiger charge is 2.31. The third-order valence-electron chi connectivity index (χ3n) is 3.42. The average molecular weight is 253 g/mol. The fraction of sp³-hybridized carbons (Fsp3) is 0.333. The first-order valence-electron chi connectivity index (χ1n) is 6.51. The van der Waals surface area contributed by atoms with E-state index in [1.165, 1.54) is 0 Å². The minimum Gasteiger partial charge on any atom is -0.395 e. The van der Waals surface area contributed by atoms with Crippen molar-refractivity contribution in [2.75, 3.05) is 18.1 Å². The number of para-hydroxylation sites is 1. The minimum atomic E-state index is 0.0792. The van der Waals surface area contributed by atoms with E-state index in [-0.39, 0.29) is 6.61 Å². The molecule has 0 amide bonds. The maximum Gasteiger partial charge on any atom is 0.147 e. The molecule has 0 saturated heterocycles. The van der Waals surface area contributed by atoms with E-state index in [0.29, 0.717) is 24.0 Å². The molecular formula is C15H15N3O. The van der Waals surface area contributed by atoms with Crippen LogP contribution in [0.1, 0.15) is 18.4 Å². The fourth-order valence-corrected chi connectivity index (χ4v) is 2.36. The van der Waals surface area contributed by atoms with Crippen molar-refractivity contribution in [2.24, 2.45) is 0 Å². The van der Waals surface area contributed by atoms with Crippen LogP contribution in [0, 0.1) is 11.3 Å². The Morgan fingerprint density at radius 1 is 1.37 bits per heavy atom. The number of hydrogen-bond donors (Lipinski definition) is 1. The molecule has 1 heterocycles. The van der Waals surface area contributed by atoms with Crippen LogP contribution in [0.4, 0.5) is 5.82 Å². The van der Waals surface area contributed by atoms with Gasteiger partial charge in [0.1, 0.15) is 11.9 Å². The lowest BCUT2D eigenvalue weighted by Gasteiger charge is -2.23. The van der Waals surface area contributed by atoms with Crippen LogP contribution in [0.15, 0.2) is 30.3 Å². The van der Waals surface area contributed by atoms with Crippen LogP contribution in [0.5, 0.6) is 0 Å². The molecule has 1 aromatic heterocycles. The zero-order valence-electron chi connectivity index (χ0n) is 10.6. The number of pyridine rings is 1. The van der Waals surface area contributed by atoms with Crippen LogP contribution >= 0.6 is 0 Å². The van der Waals surface area contributed by atoms with E-state index in [1.54, 1.807) is 0 Å². The summed E-state index contributed by atoms with van der Waals surface area (Å²) < 4.78 is 0. The van der Waals surface area contributed by atoms with E-state index in [1.807, 2.05) is 30.3 Å². The smallest absolute Gasteiger partial charge is 0.147 e. The molecule has 1 aromatic carbocycles. The van der Waals surface area contributed by atoms with E-state index in [0.717, 1.165) is 23.7 Å². The lowest BCUT2D eigenvalue weighted by Crippen LogP contribution is -2.30. The Morgan fingerprint density at radius 3 is 2.84 bits per heavy atom. The Kier molecular flexibility index (Phi) is 3.06. The van der Waals surface area contributed by atoms with Gasteiger partial charge < -0.3 is 10.0 Å². The molecule has 0 radical (unpaired) electrons. The van der Waals surface area contributed by atoms with E-state index >= 15 is 0 Å². The highest BCUT2D eigenvalue weighted by molar-refractivity contribution is 5.83. The zero-order valence-corrected chi connectivity index (χ0v) is 10.6. The molecule has 1 aliphatic rings. The van der Waals surface area contributed by atoms with Gasteiger partial charge in [0.25, 0.3) is 0 Å². The molecule has 4 heteroatoms. The number of anilines is 1. The second-order valence-corrected chi connectivity index (χ2v) is 4.81. The van der Waals surface area contributed by atoms with Gasteiger partial charge in [-0.15, -0.1) is 0 Å². The molecule has 96 valence electrons. The standard InChI is InChI=1S/C15H15N3O/c16-10-12-9-11-3-1-2-4-14(11)17-15(12)18(7-8-19)13-5-6-13/h1-4,9,13,19H,5-8H2. The Labute approximate surface area is 111 Å². The monoisotopic (exact) mass is 253 g/mol. The largest absolute Gasteiger partial charge is 0.395 e. The van der Waals surface area contributed by atoms with Crippen molar-refractivity contribution in [1.29, 1.82) is 5.26 Å². The molecule has 0 atom stereocenters. The summed E-state index contributed by atoms with van der Waals surface area (Å²) in [5.74, 6) is 0.706. The third kappa shape index (κ3) is 2.25. The predicted molar refractivity (Wildman–Crippen MR) is 73.9 cm³/mol. The number of nitrogens with zero attached hydrogens (tertiary/aromatic N) is 3. The van der Waals surface area contributed by atoms with Gasteiger partial charge in [-0.25, -0.2) is 4.98 Å². The number of rotatable bonds is 4. The topological polar surface area (TPSA) is 60.2 Å². The molecular weight excluding hydrogens is 238 g/mol. The summed E-state index contributed by atoms with van der Waals surface area (Å²) in [5.41, 5.74) is 1.47. The molecule has 0 unspecified atom stereocenters. The van der Waals surface area contributed by atoms with Crippen LogP contribution in [-0.4, -0.2) is 29.3 Å². The van der Waals surface area contributed by atoms with Crippen LogP contribution in [0.3, 0.4) is 0 Å². The van der Waals surface area contributed by atoms with Crippen molar-refractivity contribution in [3.8, 4) is 6.07 Å². The first-order chi connectivity index (χ1) is 9.33. The normalized spacial score (nSPS) is 14.3. The maximum atomic E-state index is 9.32. The minimum absolute atomic E-state index is 0.0792. The van der Waals surface area contributed by atoms with Crippen LogP contribution < -0.4 is 4.90 Å². The van der Waals surface area contributed by atoms with Crippen molar-refractivity contribution in [3.05, 3.63) is 35.9 Å². The number of nitriles is 1. The summed E-state index contributed by atoms with van der Waals surface area (Å²) in [5, 5.41) is 19.5. The van der Waals surface area contributed by atoms with Gasteiger partial charge >= 0.3 is 0 Å². The van der Waals surface area contributed by atoms with Gasteiger partial charge in [0.05, 0.1) is 17.7 Å². The molecule has 1 saturated carbocycles. The number of aliphatic hydroxyl groups is 1. The number of benzene rings is 1. The molecule has 0 aliphatic heterocycles. The Morgan fingerprint density at radius 2 is 2.16 bits per heavy atom. The molecule has 0 spiro atoms. The van der Waals surface area contributed by atoms with E-state index < -0.39 is 0 Å². The lowest BCUT2D eigenvalue weighted by molar-refractivity contribution is 0.301. The van der Waals surface area contributed by atoms with Gasteiger partial charge in [0.2, 0.25) is 0 Å². The van der Waals surface area contributed by atoms with E-state index in [9.17, 15) is 10.4 Å². The maximum absolute atomic E-state index is 9.32. The first-order valence-corrected chi connectivity index (χ1v) is 6.51. The second-order valence-electron chi connectivity index (χ2n) is 4.81. The highest BCUT2D eigenvalue weighted by atomic mass is 16.3. The number of fused-ring (bicyclic) bond motifs is 1. The summed E-state index contributed by atoms with van der Waals surface area (Å²) in [6.45, 7) is 0.612. The summed E-state index contributed by atoms with van der Waals surface area (Å²) in [7, 11) is 0. The number of aromatic nitrogens is 1. The van der Waals surface area contributed by atoms with Crippen LogP contribution in [0.25, 0.3) is 10.9 Å². The second kappa shape index (κ2) is 4.87. The van der Waals surface area contributed by atoms with Crippen LogP contribution in [0.2, 0.25) is 0 Å². The predicted octanol–water partition coefficient (Wildman–Crippen LogP) is 2.07. The first kappa shape index (κ1) is 11.9. The molecule has 3 rings (SSSR count).